The van der Waals surface area contributed by atoms with E-state index in [-0.39, 0.29) is 30.2 Å². The summed E-state index contributed by atoms with van der Waals surface area (Å²) in [5, 5.41) is 8.88. The fraction of sp³-hybridized carbons (Fsp3) is 0.250. The molecule has 0 atom stereocenters. The Hall–Kier alpha value is -2.76. The lowest BCUT2D eigenvalue weighted by atomic mass is 9.90. The summed E-state index contributed by atoms with van der Waals surface area (Å²) in [5.41, 5.74) is 1.37. The summed E-state index contributed by atoms with van der Waals surface area (Å²) in [6.07, 6.45) is -0.106. The first-order valence-corrected chi connectivity index (χ1v) is 6.92. The van der Waals surface area contributed by atoms with E-state index in [9.17, 15) is 14.4 Å². The van der Waals surface area contributed by atoms with Gasteiger partial charge in [0.25, 0.3) is 5.82 Å². The molecule has 0 spiro atoms. The highest BCUT2D eigenvalue weighted by Crippen LogP contribution is 2.26. The number of hydrogen-bond acceptors (Lipinski definition) is 3. The normalized spacial score (nSPS) is 13.0. The molecule has 0 saturated heterocycles. The highest BCUT2D eigenvalue weighted by molar-refractivity contribution is 6.26. The first kappa shape index (κ1) is 14.2. The van der Waals surface area contributed by atoms with Crippen molar-refractivity contribution in [3.63, 3.8) is 0 Å². The summed E-state index contributed by atoms with van der Waals surface area (Å²) in [7, 11) is 1.71. The number of carboxylic acid groups (broad SMARTS) is 1. The van der Waals surface area contributed by atoms with Crippen LogP contribution in [0.5, 0.6) is 0 Å². The summed E-state index contributed by atoms with van der Waals surface area (Å²) >= 11 is 0. The third-order valence-corrected chi connectivity index (χ3v) is 4.10. The van der Waals surface area contributed by atoms with Gasteiger partial charge in [0.2, 0.25) is 23.0 Å². The number of aromatic nitrogens is 2. The number of carboxylic acids is 1. The Bertz CT molecular complexity index is 833. The van der Waals surface area contributed by atoms with E-state index in [1.54, 1.807) is 47.4 Å². The molecule has 2 aromatic rings. The van der Waals surface area contributed by atoms with Crippen LogP contribution in [0.3, 0.4) is 0 Å². The molecule has 1 aromatic heterocycles. The van der Waals surface area contributed by atoms with Crippen LogP contribution >= 0.6 is 0 Å². The summed E-state index contributed by atoms with van der Waals surface area (Å²) in [6.45, 7) is 1.93. The zero-order chi connectivity index (χ0) is 16.0. The first-order valence-electron chi connectivity index (χ1n) is 6.92. The Balaban J connectivity index is 2.22. The van der Waals surface area contributed by atoms with Gasteiger partial charge in [0.05, 0.1) is 13.5 Å². The molecule has 0 bridgehead atoms. The molecule has 6 nitrogen and oxygen atoms in total. The minimum atomic E-state index is -0.945. The van der Waals surface area contributed by atoms with Crippen LogP contribution in [0.15, 0.2) is 24.3 Å². The molecule has 1 aromatic carbocycles. The zero-order valence-corrected chi connectivity index (χ0v) is 12.3. The summed E-state index contributed by atoms with van der Waals surface area (Å²) in [4.78, 5) is 36.3. The highest BCUT2D eigenvalue weighted by Gasteiger charge is 2.41. The van der Waals surface area contributed by atoms with Crippen molar-refractivity contribution < 1.29 is 24.1 Å². The average Bonchev–Trinajstić information content (AvgIpc) is 2.75. The Morgan fingerprint density at radius 1 is 1.18 bits per heavy atom. The van der Waals surface area contributed by atoms with Gasteiger partial charge in [-0.3, -0.25) is 14.4 Å². The molecule has 0 fully saturated rings. The number of carbonyl (C=O) groups excluding carboxylic acids is 2. The summed E-state index contributed by atoms with van der Waals surface area (Å²) in [6, 6.07) is 6.71. The molecule has 3 rings (SSSR count). The van der Waals surface area contributed by atoms with Gasteiger partial charge in [0, 0.05) is 18.1 Å². The van der Waals surface area contributed by atoms with Gasteiger partial charge in [0.1, 0.15) is 6.54 Å². The number of fused-ring (bicyclic) bond motifs is 2. The lowest BCUT2D eigenvalue weighted by Gasteiger charge is -2.12. The smallest absolute Gasteiger partial charge is 0.307 e. The monoisotopic (exact) mass is 299 g/mol. The van der Waals surface area contributed by atoms with E-state index >= 15 is 0 Å². The summed E-state index contributed by atoms with van der Waals surface area (Å²) in [5.74, 6) is -0.704. The minimum Gasteiger partial charge on any atom is -0.481 e. The van der Waals surface area contributed by atoms with Crippen molar-refractivity contribution >= 4 is 17.5 Å². The predicted octanol–water partition coefficient (Wildman–Crippen LogP) is 0.871. The van der Waals surface area contributed by atoms with E-state index in [2.05, 4.69) is 0 Å². The number of benzene rings is 1. The molecular weight excluding hydrogens is 284 g/mol. The number of imidazole rings is 1. The molecule has 0 unspecified atom stereocenters. The van der Waals surface area contributed by atoms with Crippen molar-refractivity contribution in [1.82, 2.24) is 4.57 Å². The van der Waals surface area contributed by atoms with E-state index in [0.717, 1.165) is 0 Å². The maximum absolute atomic E-state index is 12.8. The number of aliphatic carboxylic acids is 1. The molecule has 22 heavy (non-hydrogen) atoms. The zero-order valence-electron chi connectivity index (χ0n) is 12.3. The van der Waals surface area contributed by atoms with E-state index in [1.807, 2.05) is 0 Å². The minimum absolute atomic E-state index is 0.106. The molecule has 1 aliphatic rings. The Labute approximate surface area is 126 Å². The number of rotatable bonds is 3. The van der Waals surface area contributed by atoms with E-state index in [4.69, 9.17) is 5.11 Å². The topological polar surface area (TPSA) is 80.2 Å². The second kappa shape index (κ2) is 4.91. The van der Waals surface area contributed by atoms with E-state index < -0.39 is 5.97 Å². The van der Waals surface area contributed by atoms with Crippen molar-refractivity contribution in [2.75, 3.05) is 0 Å². The van der Waals surface area contributed by atoms with Crippen molar-refractivity contribution in [1.29, 1.82) is 0 Å². The van der Waals surface area contributed by atoms with Crippen LogP contribution in [0, 0.1) is 6.92 Å². The van der Waals surface area contributed by atoms with E-state index in [0.29, 0.717) is 22.6 Å². The van der Waals surface area contributed by atoms with Gasteiger partial charge in [-0.1, -0.05) is 24.3 Å². The second-order valence-corrected chi connectivity index (χ2v) is 5.30. The van der Waals surface area contributed by atoms with Crippen LogP contribution in [0.25, 0.3) is 0 Å². The molecule has 0 saturated carbocycles. The molecule has 0 aliphatic heterocycles. The predicted molar refractivity (Wildman–Crippen MR) is 75.9 cm³/mol. The van der Waals surface area contributed by atoms with Crippen LogP contribution in [0.2, 0.25) is 0 Å². The molecule has 1 N–H and O–H groups in total. The van der Waals surface area contributed by atoms with Crippen LogP contribution in [0.1, 0.15) is 44.3 Å². The largest absolute Gasteiger partial charge is 0.481 e. The van der Waals surface area contributed by atoms with Crippen molar-refractivity contribution in [2.45, 2.75) is 19.9 Å². The maximum atomic E-state index is 12.8. The van der Waals surface area contributed by atoms with Gasteiger partial charge in [-0.05, 0) is 0 Å². The van der Waals surface area contributed by atoms with Crippen LogP contribution < -0.4 is 4.57 Å². The standard InChI is InChI=1S/C16H14N2O4/c1-9-17(2)13-14(18(9)8-7-12(19)20)16(22)11-6-4-3-5-10(11)15(13)21/h3-6H,7-8H2,1-2H3/p+1. The lowest BCUT2D eigenvalue weighted by Crippen LogP contribution is -2.39. The lowest BCUT2D eigenvalue weighted by molar-refractivity contribution is -0.679. The number of carbonyl (C=O) groups is 3. The van der Waals surface area contributed by atoms with Gasteiger partial charge in [-0.15, -0.1) is 0 Å². The van der Waals surface area contributed by atoms with Crippen molar-refractivity contribution in [2.24, 2.45) is 7.05 Å². The molecule has 6 heteroatoms. The quantitative estimate of drug-likeness (QED) is 0.728. The SMILES string of the molecule is Cc1n(CCC(=O)O)c2c([n+]1C)C(=O)c1ccccc1C2=O. The molecule has 112 valence electrons. The number of ketones is 2. The van der Waals surface area contributed by atoms with Crippen molar-refractivity contribution in [3.05, 3.63) is 52.6 Å². The molecule has 1 aliphatic carbocycles. The van der Waals surface area contributed by atoms with Crippen LogP contribution in [-0.4, -0.2) is 27.2 Å². The highest BCUT2D eigenvalue weighted by atomic mass is 16.4. The fourth-order valence-corrected chi connectivity index (χ4v) is 2.90. The van der Waals surface area contributed by atoms with Crippen LogP contribution in [0.4, 0.5) is 0 Å². The molecule has 0 radical (unpaired) electrons. The number of nitrogens with zero attached hydrogens (tertiary/aromatic N) is 2. The third kappa shape index (κ3) is 1.88. The maximum Gasteiger partial charge on any atom is 0.307 e. The van der Waals surface area contributed by atoms with E-state index in [1.165, 1.54) is 0 Å². The van der Waals surface area contributed by atoms with Gasteiger partial charge < -0.3 is 5.11 Å². The second-order valence-electron chi connectivity index (χ2n) is 5.30. The van der Waals surface area contributed by atoms with Crippen LogP contribution in [-0.2, 0) is 18.4 Å². The molecule has 1 heterocycles. The Morgan fingerprint density at radius 3 is 2.36 bits per heavy atom. The summed E-state index contributed by atoms with van der Waals surface area (Å²) < 4.78 is 3.28. The number of hydrogen-bond donors (Lipinski definition) is 1. The molecular formula is C16H15N2O4+. The Morgan fingerprint density at radius 2 is 1.77 bits per heavy atom. The third-order valence-electron chi connectivity index (χ3n) is 4.10. The Kier molecular flexibility index (Phi) is 3.16. The average molecular weight is 299 g/mol. The van der Waals surface area contributed by atoms with Gasteiger partial charge in [0.15, 0.2) is 0 Å². The molecule has 0 amide bonds. The van der Waals surface area contributed by atoms with Gasteiger partial charge in [-0.2, -0.15) is 0 Å². The first-order chi connectivity index (χ1) is 10.4. The van der Waals surface area contributed by atoms with Crippen molar-refractivity contribution in [3.8, 4) is 0 Å². The fourth-order valence-electron chi connectivity index (χ4n) is 2.90. The van der Waals surface area contributed by atoms with Gasteiger partial charge in [-0.25, -0.2) is 9.13 Å². The van der Waals surface area contributed by atoms with Gasteiger partial charge >= 0.3 is 5.97 Å².